The molecule has 0 radical (unpaired) electrons. The van der Waals surface area contributed by atoms with Gasteiger partial charge in [-0.05, 0) is 59.9 Å². The van der Waals surface area contributed by atoms with E-state index in [4.69, 9.17) is 38.6 Å². The van der Waals surface area contributed by atoms with Gasteiger partial charge in [0.05, 0.1) is 31.0 Å². The lowest BCUT2D eigenvalue weighted by molar-refractivity contribution is -0.193. The van der Waals surface area contributed by atoms with Gasteiger partial charge in [-0.25, -0.2) is 9.59 Å². The van der Waals surface area contributed by atoms with Crippen LogP contribution in [0.3, 0.4) is 0 Å². The van der Waals surface area contributed by atoms with Gasteiger partial charge in [0.25, 0.3) is 0 Å². The highest BCUT2D eigenvalue weighted by atomic mass is 16.5. The number of carbonyl (C=O) groups excluding carboxylic acids is 11. The van der Waals surface area contributed by atoms with E-state index in [9.17, 15) is 34.2 Å². The maximum atomic E-state index is 10.9. The van der Waals surface area contributed by atoms with Crippen LogP contribution in [0.5, 0.6) is 0 Å². The van der Waals surface area contributed by atoms with Gasteiger partial charge < -0.3 is 44.5 Å². The first-order chi connectivity index (χ1) is 25.3. The second-order valence-corrected chi connectivity index (χ2v) is 10.6. The van der Waals surface area contributed by atoms with Crippen LogP contribution >= 0.6 is 0 Å². The van der Waals surface area contributed by atoms with Crippen molar-refractivity contribution in [3.05, 3.63) is 24.8 Å². The summed E-state index contributed by atoms with van der Waals surface area (Å²) < 4.78 is 9.13. The van der Waals surface area contributed by atoms with Crippen LogP contribution in [0.4, 0.5) is 0 Å². The van der Waals surface area contributed by atoms with Crippen molar-refractivity contribution in [2.24, 2.45) is 11.8 Å². The minimum atomic E-state index is -0.531. The van der Waals surface area contributed by atoms with Gasteiger partial charge in [-0.15, -0.1) is 0 Å². The molecule has 0 spiro atoms. The molecule has 0 saturated carbocycles. The number of aliphatic hydroxyl groups excluding tert-OH is 2. The van der Waals surface area contributed by atoms with Crippen LogP contribution in [0.15, 0.2) is 24.8 Å². The number of aliphatic hydroxyl groups is 3. The third kappa shape index (κ3) is 79.4. The minimum absolute atomic E-state index is 0. The molecule has 0 aromatic heterocycles. The van der Waals surface area contributed by atoms with Gasteiger partial charge in [-0.3, -0.25) is 0 Å². The Balaban J connectivity index is -0.0000000649. The molecule has 0 amide bonds. The first kappa shape index (κ1) is 71.8. The molecule has 0 aromatic carbocycles. The van der Waals surface area contributed by atoms with Crippen LogP contribution in [-0.4, -0.2) is 108 Å². The fourth-order valence-electron chi connectivity index (χ4n) is 2.87. The first-order valence-electron chi connectivity index (χ1n) is 17.1. The Morgan fingerprint density at radius 2 is 1.13 bits per heavy atom. The van der Waals surface area contributed by atoms with E-state index in [0.717, 1.165) is 37.9 Å². The topological polar surface area (TPSA) is 279 Å². The van der Waals surface area contributed by atoms with Gasteiger partial charge in [0.1, 0.15) is 18.9 Å². The number of aldehydes is 3. The lowest BCUT2D eigenvalue weighted by Gasteiger charge is -2.25. The Morgan fingerprint density at radius 3 is 1.31 bits per heavy atom. The second-order valence-electron chi connectivity index (χ2n) is 10.6. The van der Waals surface area contributed by atoms with Crippen molar-refractivity contribution in [3.63, 3.8) is 0 Å². The molecule has 5 atom stereocenters. The predicted octanol–water partition coefficient (Wildman–Crippen LogP) is 3.43. The van der Waals surface area contributed by atoms with Gasteiger partial charge in [-0.2, -0.15) is 28.8 Å². The van der Waals surface area contributed by atoms with Crippen molar-refractivity contribution in [1.82, 2.24) is 5.32 Å². The Kier molecular flexibility index (Phi) is 80.2. The number of hydrogen-bond donors (Lipinski definition) is 4. The van der Waals surface area contributed by atoms with E-state index in [1.807, 2.05) is 48.5 Å². The quantitative estimate of drug-likeness (QED) is 0.118. The summed E-state index contributed by atoms with van der Waals surface area (Å²) in [4.78, 5) is 98.0. The Labute approximate surface area is 327 Å². The van der Waals surface area contributed by atoms with Gasteiger partial charge in [0.15, 0.2) is 0 Å². The molecule has 4 N–H and O–H groups in total. The third-order valence-electron chi connectivity index (χ3n) is 5.79. The van der Waals surface area contributed by atoms with E-state index in [1.54, 1.807) is 26.8 Å². The molecule has 0 unspecified atom stereocenters. The molecule has 0 aromatic rings. The molecule has 0 bridgehead atoms. The molecule has 55 heavy (non-hydrogen) atoms. The number of ether oxygens (including phenoxy) is 2. The SMILES string of the molecule is C.C=CC(=O)OCC.CC(C)(O)[C@@H]1CCCN1.CCC=O.CCC=O.CCOC(=O)/C=C/[C@@H](C)[C@@H](O)CC.CC[C@H](O)[C@H](C)C=O.O=C=O.O=C=O.O=C=O. The van der Waals surface area contributed by atoms with Crippen molar-refractivity contribution in [2.75, 3.05) is 19.8 Å². The van der Waals surface area contributed by atoms with Crippen molar-refractivity contribution in [2.45, 2.75) is 139 Å². The highest BCUT2D eigenvalue weighted by molar-refractivity contribution is 5.82. The summed E-state index contributed by atoms with van der Waals surface area (Å²) >= 11 is 0. The molecule has 1 saturated heterocycles. The average molecular weight is 796 g/mol. The molecule has 1 aliphatic heterocycles. The number of esters is 2. The molecule has 1 fully saturated rings. The Bertz CT molecular complexity index is 964. The summed E-state index contributed by atoms with van der Waals surface area (Å²) in [5.74, 6) is -0.922. The maximum Gasteiger partial charge on any atom is 0.373 e. The summed E-state index contributed by atoms with van der Waals surface area (Å²) in [6.07, 6.45) is 11.6. The maximum absolute atomic E-state index is 10.9. The van der Waals surface area contributed by atoms with Crippen molar-refractivity contribution < 1.29 is 77.5 Å². The van der Waals surface area contributed by atoms with Gasteiger partial charge in [-0.1, -0.05) is 61.6 Å². The van der Waals surface area contributed by atoms with Crippen LogP contribution < -0.4 is 5.32 Å². The third-order valence-corrected chi connectivity index (χ3v) is 5.79. The van der Waals surface area contributed by atoms with Crippen LogP contribution in [0, 0.1) is 11.8 Å². The molecule has 322 valence electrons. The Morgan fingerprint density at radius 1 is 0.782 bits per heavy atom. The van der Waals surface area contributed by atoms with Crippen LogP contribution in [0.2, 0.25) is 0 Å². The van der Waals surface area contributed by atoms with Crippen LogP contribution in [0.1, 0.15) is 115 Å². The zero-order valence-electron chi connectivity index (χ0n) is 33.6. The predicted molar refractivity (Wildman–Crippen MR) is 201 cm³/mol. The largest absolute Gasteiger partial charge is 0.463 e. The molecular weight excluding hydrogens is 726 g/mol. The lowest BCUT2D eigenvalue weighted by atomic mass is 9.98. The van der Waals surface area contributed by atoms with Crippen LogP contribution in [-0.2, 0) is 62.2 Å². The number of nitrogens with one attached hydrogen (secondary N) is 1. The molecule has 1 heterocycles. The van der Waals surface area contributed by atoms with E-state index >= 15 is 0 Å². The summed E-state index contributed by atoms with van der Waals surface area (Å²) in [5, 5.41) is 31.0. The van der Waals surface area contributed by atoms with Gasteiger partial charge in [0.2, 0.25) is 0 Å². The van der Waals surface area contributed by atoms with Crippen molar-refractivity contribution in [1.29, 1.82) is 0 Å². The fraction of sp³-hybridized carbons (Fsp3) is 0.684. The number of hydrogen-bond acceptors (Lipinski definition) is 17. The highest BCUT2D eigenvalue weighted by Crippen LogP contribution is 2.17. The molecule has 0 aliphatic carbocycles. The standard InChI is InChI=1S/C10H18O3.C7H15NO.C6H12O2.C5H8O2.2C3H6O.3CO2.CH4/c1-4-9(11)8(3)6-7-10(12)13-5-2;1-7(2,9)6-4-3-5-8-6;1-3-6(8)5(2)4-7;1-3-5(6)7-4-2;2*1-2-3-4;3*2-1-3;/h6-9,11H,4-5H2,1-3H3;6,8-9H,3-5H2,1-2H3;4-6,8H,3H2,1-2H3;3H,1,4H2,2H3;2*3H,2H2,1H3;;;;1H4/b7-6+;;;;;;;;;/t8-,9+;6-;5-,6+;;;;;;;/m101......./s1. The summed E-state index contributed by atoms with van der Waals surface area (Å²) in [7, 11) is 0. The lowest BCUT2D eigenvalue weighted by Crippen LogP contribution is -2.42. The van der Waals surface area contributed by atoms with E-state index in [0.29, 0.717) is 44.9 Å². The summed E-state index contributed by atoms with van der Waals surface area (Å²) in [6.45, 7) is 23.3. The molecule has 1 aliphatic rings. The second kappa shape index (κ2) is 61.4. The first-order valence-corrected chi connectivity index (χ1v) is 17.1. The van der Waals surface area contributed by atoms with Crippen molar-refractivity contribution in [3.8, 4) is 0 Å². The highest BCUT2D eigenvalue weighted by Gasteiger charge is 2.28. The monoisotopic (exact) mass is 795 g/mol. The molecular formula is C38H69NO16. The zero-order chi connectivity index (χ0) is 44.4. The van der Waals surface area contributed by atoms with E-state index in [1.165, 1.54) is 12.5 Å². The van der Waals surface area contributed by atoms with Crippen molar-refractivity contribution >= 4 is 49.3 Å². The van der Waals surface area contributed by atoms with E-state index < -0.39 is 11.7 Å². The zero-order valence-corrected chi connectivity index (χ0v) is 33.6. The minimum Gasteiger partial charge on any atom is -0.463 e. The normalized spacial score (nSPS) is 13.3. The average Bonchev–Trinajstić information content (AvgIpc) is 3.72. The Hall–Kier alpha value is -4.59. The molecule has 1 rings (SSSR count). The fourth-order valence-corrected chi connectivity index (χ4v) is 2.87. The van der Waals surface area contributed by atoms with E-state index in [2.05, 4.69) is 16.6 Å². The number of rotatable bonds is 13. The smallest absolute Gasteiger partial charge is 0.373 e. The van der Waals surface area contributed by atoms with Crippen LogP contribution in [0.25, 0.3) is 0 Å². The summed E-state index contributed by atoms with van der Waals surface area (Å²) in [5.41, 5.74) is -0.531. The van der Waals surface area contributed by atoms with Gasteiger partial charge in [0, 0.05) is 42.9 Å². The molecule has 17 nitrogen and oxygen atoms in total. The summed E-state index contributed by atoms with van der Waals surface area (Å²) in [6, 6.07) is 0.317. The molecule has 17 heteroatoms. The van der Waals surface area contributed by atoms with Gasteiger partial charge >= 0.3 is 30.4 Å². The number of carbonyl (C=O) groups is 5. The van der Waals surface area contributed by atoms with E-state index in [-0.39, 0.29) is 55.8 Å².